The number of carbonyl (C=O) groups excluding carboxylic acids is 1. The largest absolute Gasteiger partial charge is 0.366 e. The molecule has 6 nitrogen and oxygen atoms in total. The van der Waals surface area contributed by atoms with Gasteiger partial charge in [0.1, 0.15) is 0 Å². The number of primary amides is 1. The van der Waals surface area contributed by atoms with Gasteiger partial charge in [-0.25, -0.2) is 4.98 Å². The first-order chi connectivity index (χ1) is 16.2. The van der Waals surface area contributed by atoms with Crippen LogP contribution in [0, 0.1) is 0 Å². The molecule has 1 aliphatic heterocycles. The number of nitrogens with two attached hydrogens (primary N) is 1. The Morgan fingerprint density at radius 3 is 2.53 bits per heavy atom. The van der Waals surface area contributed by atoms with Crippen molar-refractivity contribution in [3.8, 4) is 11.3 Å². The average Bonchev–Trinajstić information content (AvgIpc) is 3.15. The van der Waals surface area contributed by atoms with Crippen molar-refractivity contribution in [1.29, 1.82) is 0 Å². The molecule has 34 heavy (non-hydrogen) atoms. The van der Waals surface area contributed by atoms with E-state index < -0.39 is 5.91 Å². The molecule has 176 valence electrons. The lowest BCUT2D eigenvalue weighted by molar-refractivity contribution is 0.0591. The van der Waals surface area contributed by atoms with Gasteiger partial charge in [-0.1, -0.05) is 35.9 Å². The highest BCUT2D eigenvalue weighted by Crippen LogP contribution is 2.31. The third kappa shape index (κ3) is 4.41. The third-order valence-electron chi connectivity index (χ3n) is 6.73. The zero-order valence-electron chi connectivity index (χ0n) is 19.9. The maximum absolute atomic E-state index is 12.3. The highest BCUT2D eigenvalue weighted by atomic mass is 35.5. The summed E-state index contributed by atoms with van der Waals surface area (Å²) in [5.41, 5.74) is 11.5. The minimum atomic E-state index is -0.487. The van der Waals surface area contributed by atoms with E-state index in [-0.39, 0.29) is 5.54 Å². The van der Waals surface area contributed by atoms with E-state index in [9.17, 15) is 4.79 Å². The third-order valence-corrected chi connectivity index (χ3v) is 6.97. The van der Waals surface area contributed by atoms with E-state index in [2.05, 4.69) is 53.8 Å². The molecule has 0 unspecified atom stereocenters. The van der Waals surface area contributed by atoms with Crippen molar-refractivity contribution >= 4 is 39.4 Å². The first-order valence-corrected chi connectivity index (χ1v) is 12.1. The molecule has 5 rings (SSSR count). The van der Waals surface area contributed by atoms with E-state index in [4.69, 9.17) is 22.3 Å². The van der Waals surface area contributed by atoms with Crippen LogP contribution in [0.15, 0.2) is 48.5 Å². The average molecular weight is 476 g/mol. The number of piperazine rings is 1. The fourth-order valence-corrected chi connectivity index (χ4v) is 5.02. The van der Waals surface area contributed by atoms with Gasteiger partial charge in [0.15, 0.2) is 0 Å². The molecule has 2 aromatic carbocycles. The van der Waals surface area contributed by atoms with Gasteiger partial charge in [-0.05, 0) is 50.6 Å². The van der Waals surface area contributed by atoms with Gasteiger partial charge in [0.2, 0.25) is 0 Å². The second-order valence-corrected chi connectivity index (χ2v) is 10.5. The molecule has 7 heteroatoms. The Balaban J connectivity index is 1.48. The topological polar surface area (TPSA) is 78.2 Å². The predicted molar refractivity (Wildman–Crippen MR) is 139 cm³/mol. The van der Waals surface area contributed by atoms with Crippen LogP contribution < -0.4 is 5.73 Å². The highest BCUT2D eigenvalue weighted by Gasteiger charge is 2.26. The zero-order chi connectivity index (χ0) is 24.0. The van der Waals surface area contributed by atoms with Crippen LogP contribution in [0.5, 0.6) is 0 Å². The zero-order valence-corrected chi connectivity index (χ0v) is 20.6. The van der Waals surface area contributed by atoms with Crippen LogP contribution in [0.4, 0.5) is 0 Å². The number of hydrogen-bond donors (Lipinski definition) is 2. The second-order valence-electron chi connectivity index (χ2n) is 10.1. The molecule has 0 saturated carbocycles. The molecule has 0 atom stereocenters. The fourth-order valence-electron chi connectivity index (χ4n) is 4.83. The van der Waals surface area contributed by atoms with Gasteiger partial charge in [-0.3, -0.25) is 14.6 Å². The van der Waals surface area contributed by atoms with E-state index in [1.54, 1.807) is 6.07 Å². The van der Waals surface area contributed by atoms with E-state index >= 15 is 0 Å². The van der Waals surface area contributed by atoms with Gasteiger partial charge in [-0.2, -0.15) is 0 Å². The summed E-state index contributed by atoms with van der Waals surface area (Å²) in [7, 11) is 0. The molecular weight excluding hydrogens is 446 g/mol. The van der Waals surface area contributed by atoms with E-state index in [0.717, 1.165) is 54.7 Å². The van der Waals surface area contributed by atoms with Crippen molar-refractivity contribution in [3.63, 3.8) is 0 Å². The summed E-state index contributed by atoms with van der Waals surface area (Å²) < 4.78 is 0. The molecular formula is C27H30ClN5O. The van der Waals surface area contributed by atoms with Gasteiger partial charge in [-0.15, -0.1) is 0 Å². The number of aromatic nitrogens is 2. The molecule has 0 radical (unpaired) electrons. The molecule has 2 aromatic heterocycles. The number of nitrogens with one attached hydrogen (secondary N) is 1. The standard InChI is InChI=1S/C27H30ClN5O/c1-27(2,3)33-11-9-32(10-12-33)16-17-7-8-20-23(13-17)31-25-21(26(29)34)15-22(30-24(20)25)18-5-4-6-19(28)14-18/h4-8,13-15,31H,9-12,16H2,1-3H3,(H2,29,34). The monoisotopic (exact) mass is 475 g/mol. The molecule has 0 spiro atoms. The van der Waals surface area contributed by atoms with Crippen LogP contribution in [-0.2, 0) is 6.54 Å². The van der Waals surface area contributed by atoms with Crippen molar-refractivity contribution < 1.29 is 4.79 Å². The highest BCUT2D eigenvalue weighted by molar-refractivity contribution is 6.30. The summed E-state index contributed by atoms with van der Waals surface area (Å²) in [5, 5.41) is 1.59. The quantitative estimate of drug-likeness (QED) is 0.433. The summed E-state index contributed by atoms with van der Waals surface area (Å²) in [5.74, 6) is -0.487. The molecule has 3 heterocycles. The number of pyridine rings is 1. The maximum Gasteiger partial charge on any atom is 0.250 e. The summed E-state index contributed by atoms with van der Waals surface area (Å²) in [6, 6.07) is 15.6. The first-order valence-electron chi connectivity index (χ1n) is 11.7. The van der Waals surface area contributed by atoms with Crippen molar-refractivity contribution in [2.24, 2.45) is 5.73 Å². The molecule has 0 aliphatic carbocycles. The van der Waals surface area contributed by atoms with Crippen LogP contribution in [0.2, 0.25) is 5.02 Å². The minimum Gasteiger partial charge on any atom is -0.366 e. The summed E-state index contributed by atoms with van der Waals surface area (Å²) >= 11 is 6.18. The number of fused-ring (bicyclic) bond motifs is 3. The number of carbonyl (C=O) groups is 1. The molecule has 3 N–H and O–H groups in total. The van der Waals surface area contributed by atoms with Gasteiger partial charge >= 0.3 is 0 Å². The lowest BCUT2D eigenvalue weighted by atomic mass is 10.0. The Morgan fingerprint density at radius 1 is 1.09 bits per heavy atom. The Bertz CT molecular complexity index is 1380. The number of nitrogens with zero attached hydrogens (tertiary/aromatic N) is 3. The summed E-state index contributed by atoms with van der Waals surface area (Å²) in [6.07, 6.45) is 0. The molecule has 1 saturated heterocycles. The number of benzene rings is 2. The predicted octanol–water partition coefficient (Wildman–Crippen LogP) is 5.05. The van der Waals surface area contributed by atoms with E-state index in [1.165, 1.54) is 5.56 Å². The van der Waals surface area contributed by atoms with Gasteiger partial charge in [0, 0.05) is 59.8 Å². The van der Waals surface area contributed by atoms with Gasteiger partial charge in [0.25, 0.3) is 5.91 Å². The number of rotatable bonds is 4. The Hall–Kier alpha value is -2.93. The van der Waals surface area contributed by atoms with Crippen molar-refractivity contribution in [1.82, 2.24) is 19.8 Å². The molecule has 1 fully saturated rings. The minimum absolute atomic E-state index is 0.213. The fraction of sp³-hybridized carbons (Fsp3) is 0.333. The van der Waals surface area contributed by atoms with Crippen LogP contribution in [-0.4, -0.2) is 57.4 Å². The summed E-state index contributed by atoms with van der Waals surface area (Å²) in [6.45, 7) is 12.0. The van der Waals surface area contributed by atoms with Crippen molar-refractivity contribution in [3.05, 3.63) is 64.7 Å². The smallest absolute Gasteiger partial charge is 0.250 e. The summed E-state index contributed by atoms with van der Waals surface area (Å²) in [4.78, 5) is 25.6. The number of amides is 1. The lowest BCUT2D eigenvalue weighted by Gasteiger charge is -2.42. The lowest BCUT2D eigenvalue weighted by Crippen LogP contribution is -2.53. The first kappa shape index (κ1) is 22.8. The Morgan fingerprint density at radius 2 is 1.85 bits per heavy atom. The van der Waals surface area contributed by atoms with E-state index in [1.807, 2.05) is 24.3 Å². The van der Waals surface area contributed by atoms with Crippen LogP contribution >= 0.6 is 11.6 Å². The number of H-pyrrole nitrogens is 1. The van der Waals surface area contributed by atoms with Crippen molar-refractivity contribution in [2.45, 2.75) is 32.9 Å². The number of hydrogen-bond acceptors (Lipinski definition) is 4. The van der Waals surface area contributed by atoms with Gasteiger partial charge in [0.05, 0.1) is 22.3 Å². The van der Waals surface area contributed by atoms with Crippen molar-refractivity contribution in [2.75, 3.05) is 26.2 Å². The normalized spacial score (nSPS) is 15.9. The molecule has 0 bridgehead atoms. The van der Waals surface area contributed by atoms with Crippen LogP contribution in [0.25, 0.3) is 33.2 Å². The van der Waals surface area contributed by atoms with Crippen LogP contribution in [0.3, 0.4) is 0 Å². The molecule has 1 amide bonds. The maximum atomic E-state index is 12.3. The van der Waals surface area contributed by atoms with Crippen LogP contribution in [0.1, 0.15) is 36.7 Å². The van der Waals surface area contributed by atoms with Gasteiger partial charge < -0.3 is 10.7 Å². The molecule has 1 aliphatic rings. The number of aromatic amines is 1. The number of halogens is 1. The van der Waals surface area contributed by atoms with E-state index in [0.29, 0.717) is 21.8 Å². The Kier molecular flexibility index (Phi) is 5.84. The SMILES string of the molecule is CC(C)(C)N1CCN(Cc2ccc3c(c2)[nH]c2c(C(N)=O)cc(-c4cccc(Cl)c4)nc23)CC1. The molecule has 4 aromatic rings. The Labute approximate surface area is 204 Å². The second kappa shape index (κ2) is 8.69.